The second kappa shape index (κ2) is 9.08. The van der Waals surface area contributed by atoms with Gasteiger partial charge in [-0.05, 0) is 31.2 Å². The number of aromatic nitrogens is 1. The van der Waals surface area contributed by atoms with E-state index in [2.05, 4.69) is 4.98 Å². The molecule has 28 heavy (non-hydrogen) atoms. The summed E-state index contributed by atoms with van der Waals surface area (Å²) in [7, 11) is 0. The molecule has 2 aromatic heterocycles. The molecular formula is C19H19N3O4S2. The molecule has 0 aromatic carbocycles. The highest BCUT2D eigenvalue weighted by molar-refractivity contribution is 7.12. The molecule has 0 bridgehead atoms. The van der Waals surface area contributed by atoms with Gasteiger partial charge in [-0.25, -0.2) is 4.98 Å². The minimum atomic E-state index is -1.02. The summed E-state index contributed by atoms with van der Waals surface area (Å²) in [6.45, 7) is 2.30. The van der Waals surface area contributed by atoms with Crippen LogP contribution in [0.2, 0.25) is 0 Å². The first-order chi connectivity index (χ1) is 13.5. The molecule has 146 valence electrons. The number of ketones is 1. The van der Waals surface area contributed by atoms with Gasteiger partial charge in [-0.3, -0.25) is 14.4 Å². The Morgan fingerprint density at radius 2 is 2.11 bits per heavy atom. The summed E-state index contributed by atoms with van der Waals surface area (Å²) in [6, 6.07) is 5.55. The number of hydrogen-bond donors (Lipinski definition) is 0. The van der Waals surface area contributed by atoms with Gasteiger partial charge < -0.3 is 9.64 Å². The van der Waals surface area contributed by atoms with Crippen LogP contribution in [-0.2, 0) is 14.3 Å². The first-order valence-electron chi connectivity index (χ1n) is 8.83. The molecule has 1 aliphatic rings. The first-order valence-corrected chi connectivity index (χ1v) is 10.6. The van der Waals surface area contributed by atoms with Crippen molar-refractivity contribution in [1.82, 2.24) is 9.88 Å². The number of amides is 1. The maximum absolute atomic E-state index is 12.3. The fraction of sp³-hybridized carbons (Fsp3) is 0.421. The zero-order chi connectivity index (χ0) is 20.1. The zero-order valence-corrected chi connectivity index (χ0v) is 16.9. The van der Waals surface area contributed by atoms with Gasteiger partial charge in [0.25, 0.3) is 5.91 Å². The van der Waals surface area contributed by atoms with Gasteiger partial charge in [0.05, 0.1) is 16.9 Å². The van der Waals surface area contributed by atoms with E-state index in [1.165, 1.54) is 22.7 Å². The normalized spacial score (nSPS) is 15.6. The summed E-state index contributed by atoms with van der Waals surface area (Å²) in [5, 5.41) is 13.3. The first kappa shape index (κ1) is 20.2. The van der Waals surface area contributed by atoms with Crippen molar-refractivity contribution in [3.05, 3.63) is 38.5 Å². The SMILES string of the molecule is Cc1csc([C@@H](C#N)C(=O)COC(=O)C2CCN(C(=O)c3cccs3)CC2)n1. The van der Waals surface area contributed by atoms with Crippen LogP contribution in [0.15, 0.2) is 22.9 Å². The van der Waals surface area contributed by atoms with Gasteiger partial charge >= 0.3 is 5.97 Å². The van der Waals surface area contributed by atoms with Crippen molar-refractivity contribution >= 4 is 40.3 Å². The van der Waals surface area contributed by atoms with Gasteiger partial charge in [0, 0.05) is 24.2 Å². The lowest BCUT2D eigenvalue weighted by atomic mass is 9.97. The third-order valence-electron chi connectivity index (χ3n) is 4.54. The maximum Gasteiger partial charge on any atom is 0.309 e. The number of piperidine rings is 1. The summed E-state index contributed by atoms with van der Waals surface area (Å²) in [5.41, 5.74) is 0.744. The minimum Gasteiger partial charge on any atom is -0.457 e. The van der Waals surface area contributed by atoms with E-state index in [0.29, 0.717) is 35.8 Å². The van der Waals surface area contributed by atoms with Crippen LogP contribution in [0.5, 0.6) is 0 Å². The van der Waals surface area contributed by atoms with Crippen LogP contribution in [0, 0.1) is 24.2 Å². The summed E-state index contributed by atoms with van der Waals surface area (Å²) in [4.78, 5) is 43.5. The molecule has 3 rings (SSSR count). The molecule has 0 radical (unpaired) electrons. The smallest absolute Gasteiger partial charge is 0.309 e. The molecule has 9 heteroatoms. The molecule has 7 nitrogen and oxygen atoms in total. The molecule has 1 saturated heterocycles. The Morgan fingerprint density at radius 1 is 1.36 bits per heavy atom. The summed E-state index contributed by atoms with van der Waals surface area (Å²) >= 11 is 2.64. The highest BCUT2D eigenvalue weighted by Crippen LogP contribution is 2.23. The molecule has 0 N–H and O–H groups in total. The molecule has 1 amide bonds. The van der Waals surface area contributed by atoms with E-state index in [9.17, 15) is 19.6 Å². The minimum absolute atomic E-state index is 0.0207. The highest BCUT2D eigenvalue weighted by Gasteiger charge is 2.30. The number of Topliss-reactive ketones (excluding diaryl/α,β-unsaturated/α-hetero) is 1. The quantitative estimate of drug-likeness (QED) is 0.670. The summed E-state index contributed by atoms with van der Waals surface area (Å²) in [6.07, 6.45) is 0.995. The molecule has 0 spiro atoms. The van der Waals surface area contributed by atoms with E-state index in [1.54, 1.807) is 23.3 Å². The van der Waals surface area contributed by atoms with E-state index in [1.807, 2.05) is 17.5 Å². The van der Waals surface area contributed by atoms with Crippen LogP contribution in [0.4, 0.5) is 0 Å². The van der Waals surface area contributed by atoms with E-state index >= 15 is 0 Å². The highest BCUT2D eigenvalue weighted by atomic mass is 32.1. The number of thiophene rings is 1. The molecule has 1 fully saturated rings. The summed E-state index contributed by atoms with van der Waals surface area (Å²) in [5.74, 6) is -2.31. The number of ether oxygens (including phenoxy) is 1. The van der Waals surface area contributed by atoms with Crippen molar-refractivity contribution in [2.24, 2.45) is 5.92 Å². The van der Waals surface area contributed by atoms with Crippen molar-refractivity contribution in [2.45, 2.75) is 25.7 Å². The number of nitrogens with zero attached hydrogens (tertiary/aromatic N) is 3. The van der Waals surface area contributed by atoms with Gasteiger partial charge in [0.2, 0.25) is 0 Å². The monoisotopic (exact) mass is 417 g/mol. The Balaban J connectivity index is 1.47. The second-order valence-electron chi connectivity index (χ2n) is 6.51. The average Bonchev–Trinajstić information content (AvgIpc) is 3.38. The lowest BCUT2D eigenvalue weighted by Crippen LogP contribution is -2.40. The molecule has 0 unspecified atom stereocenters. The fourth-order valence-electron chi connectivity index (χ4n) is 2.99. The molecule has 0 saturated carbocycles. The number of aryl methyl sites for hydroxylation is 1. The van der Waals surface area contributed by atoms with Crippen LogP contribution in [-0.4, -0.2) is 47.2 Å². The Hall–Kier alpha value is -2.57. The Morgan fingerprint density at radius 3 is 2.68 bits per heavy atom. The summed E-state index contributed by atoms with van der Waals surface area (Å²) < 4.78 is 5.16. The Bertz CT molecular complexity index is 893. The number of thiazole rings is 1. The van der Waals surface area contributed by atoms with E-state index in [4.69, 9.17) is 4.74 Å². The standard InChI is InChI=1S/C19H19N3O4S2/c1-12-11-28-17(21-12)14(9-20)15(23)10-26-19(25)13-4-6-22(7-5-13)18(24)16-3-2-8-27-16/h2-3,8,11,13-14H,4-7,10H2,1H3/t14-/m0/s1. The van der Waals surface area contributed by atoms with Crippen molar-refractivity contribution in [1.29, 1.82) is 5.26 Å². The van der Waals surface area contributed by atoms with Gasteiger partial charge in [-0.15, -0.1) is 22.7 Å². The topological polar surface area (TPSA) is 100 Å². The number of likely N-dealkylation sites (tertiary alicyclic amines) is 1. The molecule has 1 atom stereocenters. The van der Waals surface area contributed by atoms with Crippen LogP contribution >= 0.6 is 22.7 Å². The third-order valence-corrected chi connectivity index (χ3v) is 6.42. The molecular weight excluding hydrogens is 398 g/mol. The number of nitriles is 1. The van der Waals surface area contributed by atoms with Crippen LogP contribution in [0.25, 0.3) is 0 Å². The predicted molar refractivity (Wildman–Crippen MR) is 104 cm³/mol. The zero-order valence-electron chi connectivity index (χ0n) is 15.3. The predicted octanol–water partition coefficient (Wildman–Crippen LogP) is 2.78. The van der Waals surface area contributed by atoms with Gasteiger partial charge in [-0.1, -0.05) is 6.07 Å². The third kappa shape index (κ3) is 4.64. The number of rotatable bonds is 6. The average molecular weight is 418 g/mol. The molecule has 3 heterocycles. The van der Waals surface area contributed by atoms with Gasteiger partial charge in [-0.2, -0.15) is 5.26 Å². The second-order valence-corrected chi connectivity index (χ2v) is 8.34. The van der Waals surface area contributed by atoms with Crippen LogP contribution < -0.4 is 0 Å². The number of carbonyl (C=O) groups is 3. The van der Waals surface area contributed by atoms with Crippen molar-refractivity contribution in [2.75, 3.05) is 19.7 Å². The lowest BCUT2D eigenvalue weighted by molar-refractivity contribution is -0.153. The molecule has 2 aromatic rings. The Labute approximate surface area is 170 Å². The largest absolute Gasteiger partial charge is 0.457 e. The van der Waals surface area contributed by atoms with Gasteiger partial charge in [0.15, 0.2) is 18.3 Å². The fourth-order valence-corrected chi connectivity index (χ4v) is 4.54. The van der Waals surface area contributed by atoms with E-state index < -0.39 is 24.3 Å². The van der Waals surface area contributed by atoms with Gasteiger partial charge in [0.1, 0.15) is 5.01 Å². The van der Waals surface area contributed by atoms with Crippen molar-refractivity contribution in [3.63, 3.8) is 0 Å². The van der Waals surface area contributed by atoms with Crippen LogP contribution in [0.3, 0.4) is 0 Å². The lowest BCUT2D eigenvalue weighted by Gasteiger charge is -2.30. The molecule has 1 aliphatic heterocycles. The maximum atomic E-state index is 12.3. The molecule has 0 aliphatic carbocycles. The van der Waals surface area contributed by atoms with Crippen molar-refractivity contribution in [3.8, 4) is 6.07 Å². The number of carbonyl (C=O) groups excluding carboxylic acids is 3. The Kier molecular flexibility index (Phi) is 6.54. The van der Waals surface area contributed by atoms with E-state index in [-0.39, 0.29) is 11.8 Å². The van der Waals surface area contributed by atoms with E-state index in [0.717, 1.165) is 5.69 Å². The number of esters is 1. The van der Waals surface area contributed by atoms with Crippen LogP contribution in [0.1, 0.15) is 39.1 Å². The van der Waals surface area contributed by atoms with Crippen molar-refractivity contribution < 1.29 is 19.1 Å². The number of hydrogen-bond acceptors (Lipinski definition) is 8.